The first kappa shape index (κ1) is 20.7. The second kappa shape index (κ2) is 9.42. The Kier molecular flexibility index (Phi) is 6.49. The van der Waals surface area contributed by atoms with Gasteiger partial charge in [0.1, 0.15) is 6.61 Å². The minimum Gasteiger partial charge on any atom is -0.493 e. The standard InChI is InChI=1S/C22H20N2O6/c1-28-19-11-16(22(25)23-17-9-6-10-18(13-17)24(26)27)12-20(29-2)21(19)30-14-15-7-4-3-5-8-15/h3-13H,14H2,1-2H3,(H,23,25). The van der Waals surface area contributed by atoms with Crippen molar-refractivity contribution in [1.82, 2.24) is 0 Å². The third kappa shape index (κ3) is 4.85. The fourth-order valence-corrected chi connectivity index (χ4v) is 2.78. The van der Waals surface area contributed by atoms with Gasteiger partial charge in [0, 0.05) is 23.4 Å². The van der Waals surface area contributed by atoms with Crippen LogP contribution in [0.25, 0.3) is 0 Å². The predicted octanol–water partition coefficient (Wildman–Crippen LogP) is 4.44. The highest BCUT2D eigenvalue weighted by Crippen LogP contribution is 2.39. The molecular weight excluding hydrogens is 388 g/mol. The number of hydrogen-bond acceptors (Lipinski definition) is 6. The Balaban J connectivity index is 1.84. The summed E-state index contributed by atoms with van der Waals surface area (Å²) in [6.07, 6.45) is 0. The molecule has 0 fully saturated rings. The zero-order chi connectivity index (χ0) is 21.5. The summed E-state index contributed by atoms with van der Waals surface area (Å²) >= 11 is 0. The molecule has 3 rings (SSSR count). The molecule has 3 aromatic rings. The number of nitrogens with zero attached hydrogens (tertiary/aromatic N) is 1. The molecule has 3 aromatic carbocycles. The van der Waals surface area contributed by atoms with Gasteiger partial charge in [0.25, 0.3) is 11.6 Å². The minimum atomic E-state index is -0.527. The third-order valence-electron chi connectivity index (χ3n) is 4.26. The van der Waals surface area contributed by atoms with Crippen LogP contribution < -0.4 is 19.5 Å². The van der Waals surface area contributed by atoms with E-state index in [1.54, 1.807) is 6.07 Å². The van der Waals surface area contributed by atoms with E-state index >= 15 is 0 Å². The summed E-state index contributed by atoms with van der Waals surface area (Å²) in [5.41, 5.74) is 1.40. The van der Waals surface area contributed by atoms with Crippen LogP contribution in [0.3, 0.4) is 0 Å². The normalized spacial score (nSPS) is 10.2. The molecule has 8 nitrogen and oxygen atoms in total. The van der Waals surface area contributed by atoms with E-state index in [1.165, 1.54) is 44.6 Å². The highest BCUT2D eigenvalue weighted by atomic mass is 16.6. The van der Waals surface area contributed by atoms with Gasteiger partial charge in [-0.3, -0.25) is 14.9 Å². The number of ether oxygens (including phenoxy) is 3. The zero-order valence-electron chi connectivity index (χ0n) is 16.5. The molecular formula is C22H20N2O6. The highest BCUT2D eigenvalue weighted by molar-refractivity contribution is 6.05. The molecule has 0 radical (unpaired) electrons. The number of carbonyl (C=O) groups is 1. The first-order valence-corrected chi connectivity index (χ1v) is 9.00. The molecule has 0 aromatic heterocycles. The number of nitro groups is 1. The van der Waals surface area contributed by atoms with Gasteiger partial charge >= 0.3 is 0 Å². The fourth-order valence-electron chi connectivity index (χ4n) is 2.78. The average Bonchev–Trinajstić information content (AvgIpc) is 2.77. The molecule has 0 atom stereocenters. The summed E-state index contributed by atoms with van der Waals surface area (Å²) in [5.74, 6) is 0.557. The van der Waals surface area contributed by atoms with Crippen LogP contribution in [-0.2, 0) is 6.61 Å². The first-order chi connectivity index (χ1) is 14.5. The Bertz CT molecular complexity index is 1030. The molecule has 0 aliphatic heterocycles. The summed E-state index contributed by atoms with van der Waals surface area (Å²) in [7, 11) is 2.93. The molecule has 1 N–H and O–H groups in total. The molecule has 0 unspecified atom stereocenters. The molecule has 0 aliphatic carbocycles. The number of amides is 1. The lowest BCUT2D eigenvalue weighted by Crippen LogP contribution is -2.13. The van der Waals surface area contributed by atoms with Crippen molar-refractivity contribution in [2.45, 2.75) is 6.61 Å². The van der Waals surface area contributed by atoms with E-state index in [9.17, 15) is 14.9 Å². The number of benzene rings is 3. The third-order valence-corrected chi connectivity index (χ3v) is 4.26. The Morgan fingerprint density at radius 1 is 0.967 bits per heavy atom. The van der Waals surface area contributed by atoms with Crippen molar-refractivity contribution in [2.24, 2.45) is 0 Å². The Hall–Kier alpha value is -4.07. The predicted molar refractivity (Wildman–Crippen MR) is 111 cm³/mol. The average molecular weight is 408 g/mol. The first-order valence-electron chi connectivity index (χ1n) is 9.00. The SMILES string of the molecule is COc1cc(C(=O)Nc2cccc([N+](=O)[O-])c2)cc(OC)c1OCc1ccccc1. The highest BCUT2D eigenvalue weighted by Gasteiger charge is 2.18. The molecule has 154 valence electrons. The van der Waals surface area contributed by atoms with E-state index < -0.39 is 10.8 Å². The summed E-state index contributed by atoms with van der Waals surface area (Å²) < 4.78 is 16.7. The maximum atomic E-state index is 12.7. The summed E-state index contributed by atoms with van der Waals surface area (Å²) in [6.45, 7) is 0.298. The van der Waals surface area contributed by atoms with Gasteiger partial charge in [-0.1, -0.05) is 36.4 Å². The number of methoxy groups -OCH3 is 2. The Labute approximate surface area is 173 Å². The molecule has 0 saturated carbocycles. The van der Waals surface area contributed by atoms with Crippen molar-refractivity contribution < 1.29 is 23.9 Å². The maximum absolute atomic E-state index is 12.7. The van der Waals surface area contributed by atoms with E-state index in [1.807, 2.05) is 30.3 Å². The minimum absolute atomic E-state index is 0.118. The number of non-ortho nitro benzene ring substituents is 1. The monoisotopic (exact) mass is 408 g/mol. The summed E-state index contributed by atoms with van der Waals surface area (Å²) in [5, 5.41) is 13.6. The maximum Gasteiger partial charge on any atom is 0.271 e. The van der Waals surface area contributed by atoms with Crippen LogP contribution in [0.4, 0.5) is 11.4 Å². The number of hydrogen-bond donors (Lipinski definition) is 1. The van der Waals surface area contributed by atoms with Gasteiger partial charge in [-0.2, -0.15) is 0 Å². The van der Waals surface area contributed by atoms with E-state index in [-0.39, 0.29) is 11.3 Å². The Morgan fingerprint density at radius 3 is 2.23 bits per heavy atom. The van der Waals surface area contributed by atoms with Crippen molar-refractivity contribution in [3.63, 3.8) is 0 Å². The summed E-state index contributed by atoms with van der Waals surface area (Å²) in [6, 6.07) is 18.3. The van der Waals surface area contributed by atoms with Crippen LogP contribution in [0.2, 0.25) is 0 Å². The molecule has 0 saturated heterocycles. The van der Waals surface area contributed by atoms with Crippen molar-refractivity contribution in [3.05, 3.63) is 88.0 Å². The van der Waals surface area contributed by atoms with Gasteiger partial charge in [0.15, 0.2) is 11.5 Å². The largest absolute Gasteiger partial charge is 0.493 e. The Morgan fingerprint density at radius 2 is 1.63 bits per heavy atom. The second-order valence-corrected chi connectivity index (χ2v) is 6.25. The number of carbonyl (C=O) groups excluding carboxylic acids is 1. The van der Waals surface area contributed by atoms with Gasteiger partial charge in [-0.15, -0.1) is 0 Å². The lowest BCUT2D eigenvalue weighted by atomic mass is 10.1. The van der Waals surface area contributed by atoms with Gasteiger partial charge in [0.05, 0.1) is 19.1 Å². The van der Waals surface area contributed by atoms with Gasteiger partial charge in [-0.25, -0.2) is 0 Å². The number of anilines is 1. The smallest absolute Gasteiger partial charge is 0.271 e. The quantitative estimate of drug-likeness (QED) is 0.437. The van der Waals surface area contributed by atoms with E-state index in [4.69, 9.17) is 14.2 Å². The molecule has 0 spiro atoms. The van der Waals surface area contributed by atoms with Crippen molar-refractivity contribution in [2.75, 3.05) is 19.5 Å². The lowest BCUT2D eigenvalue weighted by molar-refractivity contribution is -0.384. The fraction of sp³-hybridized carbons (Fsp3) is 0.136. The van der Waals surface area contributed by atoms with Crippen molar-refractivity contribution in [3.8, 4) is 17.2 Å². The van der Waals surface area contributed by atoms with Crippen LogP contribution in [0.15, 0.2) is 66.7 Å². The zero-order valence-corrected chi connectivity index (χ0v) is 16.5. The van der Waals surface area contributed by atoms with Crippen LogP contribution in [0.1, 0.15) is 15.9 Å². The van der Waals surface area contributed by atoms with Gasteiger partial charge < -0.3 is 19.5 Å². The topological polar surface area (TPSA) is 99.9 Å². The van der Waals surface area contributed by atoms with Gasteiger partial charge in [-0.05, 0) is 23.8 Å². The van der Waals surface area contributed by atoms with E-state index in [0.29, 0.717) is 29.5 Å². The van der Waals surface area contributed by atoms with Crippen molar-refractivity contribution >= 4 is 17.3 Å². The van der Waals surface area contributed by atoms with Crippen molar-refractivity contribution in [1.29, 1.82) is 0 Å². The molecule has 0 bridgehead atoms. The lowest BCUT2D eigenvalue weighted by Gasteiger charge is -2.16. The number of nitrogens with one attached hydrogen (secondary N) is 1. The molecule has 0 aliphatic rings. The molecule has 1 amide bonds. The molecule has 8 heteroatoms. The number of nitro benzene ring substituents is 1. The second-order valence-electron chi connectivity index (χ2n) is 6.25. The van der Waals surface area contributed by atoms with Crippen LogP contribution in [0.5, 0.6) is 17.2 Å². The van der Waals surface area contributed by atoms with Crippen LogP contribution >= 0.6 is 0 Å². The van der Waals surface area contributed by atoms with Crippen LogP contribution in [0, 0.1) is 10.1 Å². The molecule has 30 heavy (non-hydrogen) atoms. The van der Waals surface area contributed by atoms with Crippen LogP contribution in [-0.4, -0.2) is 25.1 Å². The van der Waals surface area contributed by atoms with E-state index in [2.05, 4.69) is 5.32 Å². The van der Waals surface area contributed by atoms with Gasteiger partial charge in [0.2, 0.25) is 5.75 Å². The molecule has 0 heterocycles. The number of rotatable bonds is 8. The van der Waals surface area contributed by atoms with E-state index in [0.717, 1.165) is 5.56 Å². The summed E-state index contributed by atoms with van der Waals surface area (Å²) in [4.78, 5) is 23.1.